The largest absolute Gasteiger partial charge is 0.340 e. The van der Waals surface area contributed by atoms with E-state index in [1.54, 1.807) is 29.6 Å². The minimum Gasteiger partial charge on any atom is -0.340 e. The zero-order chi connectivity index (χ0) is 27.0. The van der Waals surface area contributed by atoms with Gasteiger partial charge in [-0.25, -0.2) is 13.8 Å². The van der Waals surface area contributed by atoms with Crippen molar-refractivity contribution in [1.29, 1.82) is 0 Å². The molecule has 1 N–H and O–H groups in total. The monoisotopic (exact) mass is 539 g/mol. The van der Waals surface area contributed by atoms with Gasteiger partial charge in [0, 0.05) is 18.5 Å². The number of hydrogen-bond donors (Lipinski definition) is 1. The molecule has 1 heterocycles. The lowest BCUT2D eigenvalue weighted by atomic mass is 9.98. The number of halogens is 2. The highest BCUT2D eigenvalue weighted by molar-refractivity contribution is 7.09. The van der Waals surface area contributed by atoms with E-state index in [1.807, 2.05) is 60.7 Å². The summed E-state index contributed by atoms with van der Waals surface area (Å²) >= 11 is 1.42. The first-order chi connectivity index (χ1) is 19.0. The molecule has 7 heteroatoms. The molecule has 4 nitrogen and oxygen atoms in total. The molecule has 5 aromatic rings. The minimum absolute atomic E-state index is 0.251. The van der Waals surface area contributed by atoms with E-state index in [2.05, 4.69) is 15.2 Å². The highest BCUT2D eigenvalue weighted by atomic mass is 32.1. The van der Waals surface area contributed by atoms with Crippen LogP contribution in [0.25, 0.3) is 0 Å². The van der Waals surface area contributed by atoms with Gasteiger partial charge in [-0.1, -0.05) is 84.9 Å². The number of thiazole rings is 1. The van der Waals surface area contributed by atoms with Crippen LogP contribution in [0.4, 0.5) is 8.78 Å². The molecule has 1 amide bonds. The van der Waals surface area contributed by atoms with Gasteiger partial charge in [0.15, 0.2) is 0 Å². The number of rotatable bonds is 10. The summed E-state index contributed by atoms with van der Waals surface area (Å²) in [4.78, 5) is 20.1. The summed E-state index contributed by atoms with van der Waals surface area (Å²) in [6.45, 7) is 1.57. The van der Waals surface area contributed by atoms with Gasteiger partial charge in [0.05, 0.1) is 12.6 Å². The first-order valence-electron chi connectivity index (χ1n) is 12.6. The third kappa shape index (κ3) is 7.22. The lowest BCUT2D eigenvalue weighted by Crippen LogP contribution is -2.29. The Hall–Kier alpha value is -4.20. The van der Waals surface area contributed by atoms with Gasteiger partial charge in [-0.05, 0) is 46.5 Å². The van der Waals surface area contributed by atoms with Crippen LogP contribution in [-0.2, 0) is 19.6 Å². The van der Waals surface area contributed by atoms with Crippen molar-refractivity contribution in [1.82, 2.24) is 15.2 Å². The maximum absolute atomic E-state index is 13.4. The first kappa shape index (κ1) is 26.4. The highest BCUT2D eigenvalue weighted by Crippen LogP contribution is 2.23. The van der Waals surface area contributed by atoms with Crippen LogP contribution in [0.3, 0.4) is 0 Å². The Morgan fingerprint density at radius 2 is 1.21 bits per heavy atom. The van der Waals surface area contributed by atoms with E-state index in [0.29, 0.717) is 25.3 Å². The Kier molecular flexibility index (Phi) is 8.51. The summed E-state index contributed by atoms with van der Waals surface area (Å²) < 4.78 is 26.9. The van der Waals surface area contributed by atoms with Crippen molar-refractivity contribution in [3.8, 4) is 0 Å². The van der Waals surface area contributed by atoms with Crippen LogP contribution >= 0.6 is 11.3 Å². The molecular weight excluding hydrogens is 512 g/mol. The molecular formula is C32H27F2N3OS. The molecule has 0 unspecified atom stereocenters. The van der Waals surface area contributed by atoms with Gasteiger partial charge < -0.3 is 5.32 Å². The van der Waals surface area contributed by atoms with Crippen LogP contribution in [0.5, 0.6) is 0 Å². The topological polar surface area (TPSA) is 45.2 Å². The van der Waals surface area contributed by atoms with Crippen molar-refractivity contribution in [2.45, 2.75) is 25.7 Å². The summed E-state index contributed by atoms with van der Waals surface area (Å²) in [5.41, 5.74) is 4.22. The molecule has 0 spiro atoms. The second-order valence-corrected chi connectivity index (χ2v) is 10.2. The Labute approximate surface area is 230 Å². The van der Waals surface area contributed by atoms with Crippen molar-refractivity contribution in [2.24, 2.45) is 0 Å². The van der Waals surface area contributed by atoms with Crippen molar-refractivity contribution in [3.63, 3.8) is 0 Å². The average molecular weight is 540 g/mol. The maximum Gasteiger partial charge on any atom is 0.271 e. The van der Waals surface area contributed by atoms with E-state index in [1.165, 1.54) is 35.6 Å². The second-order valence-electron chi connectivity index (χ2n) is 9.25. The van der Waals surface area contributed by atoms with Gasteiger partial charge in [-0.2, -0.15) is 0 Å². The number of aromatic nitrogens is 1. The summed E-state index contributed by atoms with van der Waals surface area (Å²) in [6, 6.07) is 32.1. The molecule has 0 saturated heterocycles. The Bertz CT molecular complexity index is 1400. The lowest BCUT2D eigenvalue weighted by Gasteiger charge is -2.21. The molecule has 4 aromatic carbocycles. The van der Waals surface area contributed by atoms with E-state index in [4.69, 9.17) is 0 Å². The predicted molar refractivity (Wildman–Crippen MR) is 150 cm³/mol. The van der Waals surface area contributed by atoms with E-state index >= 15 is 0 Å². The smallest absolute Gasteiger partial charge is 0.271 e. The zero-order valence-corrected chi connectivity index (χ0v) is 22.0. The number of hydrogen-bond acceptors (Lipinski definition) is 4. The number of carbonyl (C=O) groups excluding carboxylic acids is 1. The molecule has 0 aliphatic rings. The van der Waals surface area contributed by atoms with Gasteiger partial charge >= 0.3 is 0 Å². The maximum atomic E-state index is 13.4. The zero-order valence-electron chi connectivity index (χ0n) is 21.1. The quantitative estimate of drug-likeness (QED) is 0.205. The molecule has 0 aliphatic heterocycles. The molecule has 0 fully saturated rings. The van der Waals surface area contributed by atoms with Crippen LogP contribution in [0.1, 0.15) is 43.8 Å². The molecule has 0 saturated carbocycles. The van der Waals surface area contributed by atoms with Gasteiger partial charge in [0.2, 0.25) is 0 Å². The van der Waals surface area contributed by atoms with E-state index in [-0.39, 0.29) is 23.6 Å². The fourth-order valence-electron chi connectivity index (χ4n) is 4.40. The molecule has 1 aromatic heterocycles. The molecule has 39 heavy (non-hydrogen) atoms. The fourth-order valence-corrected chi connectivity index (χ4v) is 5.21. The van der Waals surface area contributed by atoms with Crippen LogP contribution in [0, 0.1) is 11.6 Å². The average Bonchev–Trinajstić information content (AvgIpc) is 3.43. The second kappa shape index (κ2) is 12.6. The third-order valence-corrected chi connectivity index (χ3v) is 7.16. The Balaban J connectivity index is 1.33. The van der Waals surface area contributed by atoms with Crippen molar-refractivity contribution < 1.29 is 13.6 Å². The summed E-state index contributed by atoms with van der Waals surface area (Å²) in [6.07, 6.45) is 0. The number of nitrogens with zero attached hydrogens (tertiary/aromatic N) is 2. The number of carbonyl (C=O) groups is 1. The van der Waals surface area contributed by atoms with Crippen LogP contribution in [-0.4, -0.2) is 15.8 Å². The fraction of sp³-hybridized carbons (Fsp3) is 0.125. The SMILES string of the molecule is O=C(NC(c1ccccc1)c1ccccc1)c1csc(CN(Cc2ccc(F)cc2)Cc2ccc(F)cc2)n1. The molecule has 0 bridgehead atoms. The predicted octanol–water partition coefficient (Wildman–Crippen LogP) is 7.14. The lowest BCUT2D eigenvalue weighted by molar-refractivity contribution is 0.0938. The van der Waals surface area contributed by atoms with Crippen LogP contribution in [0.15, 0.2) is 115 Å². The van der Waals surface area contributed by atoms with Crippen LogP contribution < -0.4 is 5.32 Å². The first-order valence-corrected chi connectivity index (χ1v) is 13.5. The minimum atomic E-state index is -0.307. The Morgan fingerprint density at radius 1 is 0.718 bits per heavy atom. The van der Waals surface area contributed by atoms with E-state index in [9.17, 15) is 13.6 Å². The number of nitrogens with one attached hydrogen (secondary N) is 1. The Morgan fingerprint density at radius 3 is 1.69 bits per heavy atom. The molecule has 196 valence electrons. The molecule has 5 rings (SSSR count). The van der Waals surface area contributed by atoms with Crippen molar-refractivity contribution >= 4 is 17.2 Å². The van der Waals surface area contributed by atoms with Crippen molar-refractivity contribution in [2.75, 3.05) is 0 Å². The molecule has 0 radical (unpaired) electrons. The van der Waals surface area contributed by atoms with Crippen molar-refractivity contribution in [3.05, 3.63) is 159 Å². The van der Waals surface area contributed by atoms with E-state index in [0.717, 1.165) is 27.3 Å². The highest BCUT2D eigenvalue weighted by Gasteiger charge is 2.20. The normalized spacial score (nSPS) is 11.2. The van der Waals surface area contributed by atoms with Gasteiger partial charge in [0.25, 0.3) is 5.91 Å². The van der Waals surface area contributed by atoms with Gasteiger partial charge in [-0.15, -0.1) is 11.3 Å². The summed E-state index contributed by atoms with van der Waals surface area (Å²) in [5.74, 6) is -0.828. The van der Waals surface area contributed by atoms with E-state index < -0.39 is 0 Å². The third-order valence-electron chi connectivity index (χ3n) is 6.32. The van der Waals surface area contributed by atoms with Gasteiger partial charge in [0.1, 0.15) is 22.3 Å². The summed E-state index contributed by atoms with van der Waals surface area (Å²) in [5, 5.41) is 5.69. The number of benzene rings is 4. The van der Waals surface area contributed by atoms with Crippen LogP contribution in [0.2, 0.25) is 0 Å². The molecule has 0 atom stereocenters. The summed E-state index contributed by atoms with van der Waals surface area (Å²) in [7, 11) is 0. The molecule has 0 aliphatic carbocycles. The van der Waals surface area contributed by atoms with Gasteiger partial charge in [-0.3, -0.25) is 9.69 Å². The number of amides is 1. The standard InChI is InChI=1S/C32H27F2N3OS/c33-27-15-11-23(12-16-27)19-37(20-24-13-17-28(34)18-14-24)21-30-35-29(22-39-30)32(38)36-31(25-7-3-1-4-8-25)26-9-5-2-6-10-26/h1-18,22,31H,19-21H2,(H,36,38).